The highest BCUT2D eigenvalue weighted by Gasteiger charge is 2.57. The first-order valence-electron chi connectivity index (χ1n) is 4.24. The fourth-order valence-electron chi connectivity index (χ4n) is 2.26. The third-order valence-electron chi connectivity index (χ3n) is 2.81. The summed E-state index contributed by atoms with van der Waals surface area (Å²) in [5, 5.41) is 0. The quantitative estimate of drug-likeness (QED) is 0.699. The van der Waals surface area contributed by atoms with Crippen LogP contribution in [0, 0.1) is 5.41 Å². The van der Waals surface area contributed by atoms with Crippen molar-refractivity contribution in [1.82, 2.24) is 0 Å². The summed E-state index contributed by atoms with van der Waals surface area (Å²) < 4.78 is 29.9. The number of amidine groups is 1. The van der Waals surface area contributed by atoms with E-state index in [0.29, 0.717) is 19.4 Å². The lowest BCUT2D eigenvalue weighted by Gasteiger charge is -2.48. The average molecular weight is 190 g/mol. The minimum absolute atomic E-state index is 0.145. The van der Waals surface area contributed by atoms with Gasteiger partial charge in [-0.3, -0.25) is 8.78 Å². The number of nitrogens with zero attached hydrogens (tertiary/aromatic N) is 1. The zero-order chi connectivity index (χ0) is 9.53. The summed E-state index contributed by atoms with van der Waals surface area (Å²) >= 11 is 0. The molecule has 0 radical (unpaired) electrons. The molecule has 0 aromatic heterocycles. The van der Waals surface area contributed by atoms with Crippen molar-refractivity contribution in [3.63, 3.8) is 0 Å². The Labute approximate surface area is 75.0 Å². The van der Waals surface area contributed by atoms with Crippen LogP contribution in [0.1, 0.15) is 12.8 Å². The zero-order valence-electron chi connectivity index (χ0n) is 7.22. The van der Waals surface area contributed by atoms with E-state index in [0.717, 1.165) is 0 Å². The number of hydrogen-bond donors (Lipinski definition) is 1. The van der Waals surface area contributed by atoms with Crippen LogP contribution in [-0.2, 0) is 4.74 Å². The van der Waals surface area contributed by atoms with Gasteiger partial charge >= 0.3 is 0 Å². The Bertz CT molecular complexity index is 243. The van der Waals surface area contributed by atoms with Crippen molar-refractivity contribution in [3.05, 3.63) is 0 Å². The molecule has 2 aliphatic rings. The second-order valence-corrected chi connectivity index (χ2v) is 4.08. The molecule has 1 spiro atoms. The molecule has 0 saturated heterocycles. The molecule has 5 heteroatoms. The molecule has 1 fully saturated rings. The first kappa shape index (κ1) is 8.72. The first-order valence-corrected chi connectivity index (χ1v) is 4.24. The predicted octanol–water partition coefficient (Wildman–Crippen LogP) is 0.789. The van der Waals surface area contributed by atoms with Crippen LogP contribution in [0.5, 0.6) is 0 Å². The van der Waals surface area contributed by atoms with Gasteiger partial charge in [0.05, 0.1) is 13.3 Å². The minimum Gasteiger partial charge on any atom is -0.463 e. The topological polar surface area (TPSA) is 47.6 Å². The van der Waals surface area contributed by atoms with E-state index < -0.39 is 24.3 Å². The summed E-state index contributed by atoms with van der Waals surface area (Å²) in [6.45, 7) is -0.873. The minimum atomic E-state index is -0.808. The lowest BCUT2D eigenvalue weighted by Crippen LogP contribution is -2.54. The third kappa shape index (κ3) is 1.17. The van der Waals surface area contributed by atoms with Crippen molar-refractivity contribution >= 4 is 6.02 Å². The van der Waals surface area contributed by atoms with E-state index in [4.69, 9.17) is 10.5 Å². The Morgan fingerprint density at radius 2 is 2.00 bits per heavy atom. The Kier molecular flexibility index (Phi) is 1.72. The van der Waals surface area contributed by atoms with Crippen molar-refractivity contribution in [1.29, 1.82) is 0 Å². The number of ether oxygens (including phenoxy) is 1. The monoisotopic (exact) mass is 190 g/mol. The van der Waals surface area contributed by atoms with Crippen molar-refractivity contribution in [2.24, 2.45) is 16.1 Å². The summed E-state index contributed by atoms with van der Waals surface area (Å²) in [5.41, 5.74) is 4.11. The average Bonchev–Trinajstić information content (AvgIpc) is 2.44. The molecule has 0 atom stereocenters. The maximum Gasteiger partial charge on any atom is 0.282 e. The molecule has 1 heterocycles. The molecule has 1 aliphatic heterocycles. The summed E-state index contributed by atoms with van der Waals surface area (Å²) in [4.78, 5) is 4.06. The standard InChI is InChI=1S/C8H12F2N2O/c9-3-7(4-10)1-8(2-7)5-13-6(11)12-8/h1-5H2,(H2,11,12). The summed E-state index contributed by atoms with van der Waals surface area (Å²) in [7, 11) is 0. The molecule has 13 heavy (non-hydrogen) atoms. The Morgan fingerprint density at radius 1 is 1.38 bits per heavy atom. The summed E-state index contributed by atoms with van der Waals surface area (Å²) in [5.74, 6) is 0. The van der Waals surface area contributed by atoms with Gasteiger partial charge in [-0.05, 0) is 12.8 Å². The highest BCUT2D eigenvalue weighted by molar-refractivity contribution is 5.74. The van der Waals surface area contributed by atoms with Crippen LogP contribution in [0.25, 0.3) is 0 Å². The van der Waals surface area contributed by atoms with Crippen molar-refractivity contribution in [2.45, 2.75) is 18.4 Å². The van der Waals surface area contributed by atoms with Crippen molar-refractivity contribution < 1.29 is 13.5 Å². The molecule has 0 aromatic carbocycles. The SMILES string of the molecule is NC1=NC2(CO1)CC(CF)(CF)C2. The lowest BCUT2D eigenvalue weighted by atomic mass is 9.59. The molecule has 2 rings (SSSR count). The van der Waals surface area contributed by atoms with Crippen molar-refractivity contribution in [3.8, 4) is 0 Å². The van der Waals surface area contributed by atoms with Gasteiger partial charge in [-0.25, -0.2) is 4.99 Å². The van der Waals surface area contributed by atoms with Crippen LogP contribution < -0.4 is 5.73 Å². The molecular formula is C8H12F2N2O. The number of aliphatic imine (C=N–C) groups is 1. The van der Waals surface area contributed by atoms with E-state index in [1.807, 2.05) is 0 Å². The highest BCUT2D eigenvalue weighted by atomic mass is 19.1. The van der Waals surface area contributed by atoms with E-state index in [1.54, 1.807) is 0 Å². The van der Waals surface area contributed by atoms with E-state index in [-0.39, 0.29) is 6.02 Å². The van der Waals surface area contributed by atoms with Gasteiger partial charge in [0, 0.05) is 5.41 Å². The van der Waals surface area contributed by atoms with Crippen LogP contribution in [0.15, 0.2) is 4.99 Å². The van der Waals surface area contributed by atoms with Crippen molar-refractivity contribution in [2.75, 3.05) is 20.0 Å². The molecule has 3 nitrogen and oxygen atoms in total. The highest BCUT2D eigenvalue weighted by Crippen LogP contribution is 2.52. The van der Waals surface area contributed by atoms with Crippen LogP contribution in [0.2, 0.25) is 0 Å². The van der Waals surface area contributed by atoms with Gasteiger partial charge < -0.3 is 10.5 Å². The van der Waals surface area contributed by atoms with Crippen LogP contribution in [0.3, 0.4) is 0 Å². The maximum atomic E-state index is 12.5. The molecule has 1 saturated carbocycles. The lowest BCUT2D eigenvalue weighted by molar-refractivity contribution is -0.0252. The molecule has 2 N–H and O–H groups in total. The van der Waals surface area contributed by atoms with Gasteiger partial charge in [-0.2, -0.15) is 0 Å². The van der Waals surface area contributed by atoms with E-state index in [1.165, 1.54) is 0 Å². The molecule has 74 valence electrons. The van der Waals surface area contributed by atoms with E-state index in [9.17, 15) is 8.78 Å². The zero-order valence-corrected chi connectivity index (χ0v) is 7.22. The molecule has 0 amide bonds. The third-order valence-corrected chi connectivity index (χ3v) is 2.81. The Balaban J connectivity index is 2.04. The second-order valence-electron chi connectivity index (χ2n) is 4.08. The molecule has 0 unspecified atom stereocenters. The number of halogens is 2. The van der Waals surface area contributed by atoms with Gasteiger partial charge in [0.2, 0.25) is 0 Å². The Hall–Kier alpha value is -0.870. The first-order chi connectivity index (χ1) is 6.14. The van der Waals surface area contributed by atoms with E-state index >= 15 is 0 Å². The van der Waals surface area contributed by atoms with Gasteiger partial charge in [-0.15, -0.1) is 0 Å². The Morgan fingerprint density at radius 3 is 2.38 bits per heavy atom. The van der Waals surface area contributed by atoms with Crippen LogP contribution in [-0.4, -0.2) is 31.5 Å². The normalized spacial score (nSPS) is 28.0. The van der Waals surface area contributed by atoms with Gasteiger partial charge in [0.1, 0.15) is 12.1 Å². The maximum absolute atomic E-state index is 12.5. The number of rotatable bonds is 2. The fraction of sp³-hybridized carbons (Fsp3) is 0.875. The van der Waals surface area contributed by atoms with Crippen LogP contribution >= 0.6 is 0 Å². The fourth-order valence-corrected chi connectivity index (χ4v) is 2.26. The molecule has 1 aliphatic carbocycles. The summed E-state index contributed by atoms with van der Waals surface area (Å²) in [6.07, 6.45) is 0.821. The number of alkyl halides is 2. The second kappa shape index (κ2) is 2.56. The van der Waals surface area contributed by atoms with E-state index in [2.05, 4.69) is 4.99 Å². The predicted molar refractivity (Wildman–Crippen MR) is 43.9 cm³/mol. The summed E-state index contributed by atoms with van der Waals surface area (Å²) in [6, 6.07) is 0.145. The van der Waals surface area contributed by atoms with Gasteiger partial charge in [0.25, 0.3) is 6.02 Å². The largest absolute Gasteiger partial charge is 0.463 e. The van der Waals surface area contributed by atoms with Gasteiger partial charge in [0.15, 0.2) is 0 Å². The molecular weight excluding hydrogens is 178 g/mol. The smallest absolute Gasteiger partial charge is 0.282 e. The van der Waals surface area contributed by atoms with Crippen LogP contribution in [0.4, 0.5) is 8.78 Å². The van der Waals surface area contributed by atoms with Gasteiger partial charge in [-0.1, -0.05) is 0 Å². The molecule has 0 aromatic rings. The number of hydrogen-bond acceptors (Lipinski definition) is 3. The molecule has 0 bridgehead atoms. The number of nitrogens with two attached hydrogens (primary N) is 1.